The molecule has 2 aromatic rings. The second-order valence-electron chi connectivity index (χ2n) is 9.99. The van der Waals surface area contributed by atoms with Crippen molar-refractivity contribution in [1.82, 2.24) is 30.4 Å². The molecular weight excluding hydrogens is 530 g/mol. The summed E-state index contributed by atoms with van der Waals surface area (Å²) < 4.78 is 0. The number of rotatable bonds is 6. The topological polar surface area (TPSA) is 137 Å². The van der Waals surface area contributed by atoms with E-state index in [0.717, 1.165) is 30.1 Å². The summed E-state index contributed by atoms with van der Waals surface area (Å²) in [5.41, 5.74) is 0.965. The zero-order chi connectivity index (χ0) is 27.4. The molecule has 11 nitrogen and oxygen atoms in total. The number of thiazole rings is 1. The quantitative estimate of drug-likeness (QED) is 0.455. The number of nitrogens with one attached hydrogen (secondary N) is 3. The Morgan fingerprint density at radius 1 is 1.18 bits per heavy atom. The Morgan fingerprint density at radius 2 is 1.97 bits per heavy atom. The molecule has 204 valence electrons. The van der Waals surface area contributed by atoms with Gasteiger partial charge in [0.1, 0.15) is 5.82 Å². The van der Waals surface area contributed by atoms with Crippen molar-refractivity contribution in [2.45, 2.75) is 38.3 Å². The first kappa shape index (κ1) is 27.9. The highest BCUT2D eigenvalue weighted by molar-refractivity contribution is 7.13. The number of aromatic nitrogens is 2. The third-order valence-corrected chi connectivity index (χ3v) is 8.22. The van der Waals surface area contributed by atoms with Gasteiger partial charge in [0, 0.05) is 63.2 Å². The van der Waals surface area contributed by atoms with Crippen molar-refractivity contribution >= 4 is 52.4 Å². The van der Waals surface area contributed by atoms with E-state index < -0.39 is 11.8 Å². The molecule has 1 aliphatic carbocycles. The molecule has 0 saturated heterocycles. The Balaban J connectivity index is 1.40. The van der Waals surface area contributed by atoms with Gasteiger partial charge in [-0.2, -0.15) is 0 Å². The lowest BCUT2D eigenvalue weighted by molar-refractivity contribution is -0.136. The van der Waals surface area contributed by atoms with Crippen LogP contribution in [0.2, 0.25) is 5.02 Å². The van der Waals surface area contributed by atoms with Crippen molar-refractivity contribution < 1.29 is 19.2 Å². The smallest absolute Gasteiger partial charge is 0.314 e. The lowest BCUT2D eigenvalue weighted by Crippen LogP contribution is -2.50. The number of anilines is 1. The van der Waals surface area contributed by atoms with Crippen LogP contribution >= 0.6 is 22.9 Å². The lowest BCUT2D eigenvalue weighted by atomic mass is 9.77. The van der Waals surface area contributed by atoms with E-state index in [-0.39, 0.29) is 42.1 Å². The summed E-state index contributed by atoms with van der Waals surface area (Å²) in [6, 6.07) is 2.69. The fraction of sp³-hybridized carbons (Fsp3) is 0.520. The van der Waals surface area contributed by atoms with Crippen LogP contribution in [0, 0.1) is 11.8 Å². The van der Waals surface area contributed by atoms with Crippen molar-refractivity contribution in [3.63, 3.8) is 0 Å². The van der Waals surface area contributed by atoms with E-state index in [4.69, 9.17) is 11.6 Å². The average molecular weight is 562 g/mol. The largest absolute Gasteiger partial charge is 0.349 e. The minimum Gasteiger partial charge on any atom is -0.349 e. The molecule has 2 aromatic heterocycles. The van der Waals surface area contributed by atoms with Crippen LogP contribution < -0.4 is 16.0 Å². The third kappa shape index (κ3) is 6.86. The van der Waals surface area contributed by atoms with E-state index in [2.05, 4.69) is 30.8 Å². The van der Waals surface area contributed by atoms with Crippen molar-refractivity contribution in [3.05, 3.63) is 38.9 Å². The molecule has 0 spiro atoms. The zero-order valence-electron chi connectivity index (χ0n) is 21.6. The van der Waals surface area contributed by atoms with Gasteiger partial charge in [-0.3, -0.25) is 19.2 Å². The maximum absolute atomic E-state index is 13.2. The molecule has 3 N–H and O–H groups in total. The van der Waals surface area contributed by atoms with Gasteiger partial charge in [0.2, 0.25) is 5.91 Å². The summed E-state index contributed by atoms with van der Waals surface area (Å²) in [5, 5.41) is 9.00. The highest BCUT2D eigenvalue weighted by Gasteiger charge is 2.36. The number of halogens is 1. The van der Waals surface area contributed by atoms with Crippen LogP contribution in [0.15, 0.2) is 18.3 Å². The third-order valence-electron chi connectivity index (χ3n) is 6.92. The number of fused-ring (bicyclic) bond motifs is 1. The highest BCUT2D eigenvalue weighted by Crippen LogP contribution is 2.31. The Hall–Kier alpha value is -3.09. The second kappa shape index (κ2) is 12.2. The summed E-state index contributed by atoms with van der Waals surface area (Å²) in [4.78, 5) is 64.1. The van der Waals surface area contributed by atoms with Gasteiger partial charge in [0.05, 0.1) is 10.7 Å². The molecule has 1 saturated carbocycles. The fourth-order valence-electron chi connectivity index (χ4n) is 4.82. The van der Waals surface area contributed by atoms with Gasteiger partial charge in [0.25, 0.3) is 5.91 Å². The summed E-state index contributed by atoms with van der Waals surface area (Å²) in [5.74, 6) is -2.12. The van der Waals surface area contributed by atoms with E-state index in [1.54, 1.807) is 25.1 Å². The summed E-state index contributed by atoms with van der Waals surface area (Å²) >= 11 is 7.20. The number of hydrogen-bond acceptors (Lipinski definition) is 8. The molecule has 0 unspecified atom stereocenters. The SMILES string of the molecule is CN1CCc2nc(C(=O)N[C@@H]3C[C@@H](C(=O)N(C)C)CC[C@@H]3CNC(=O)C(=O)Nc3ccc(Cl)cn3)sc2C1. The van der Waals surface area contributed by atoms with E-state index in [1.807, 2.05) is 7.05 Å². The molecular formula is C25H32ClN7O4S. The van der Waals surface area contributed by atoms with Gasteiger partial charge >= 0.3 is 11.8 Å². The van der Waals surface area contributed by atoms with Crippen molar-refractivity contribution in [2.75, 3.05) is 39.5 Å². The molecule has 38 heavy (non-hydrogen) atoms. The minimum absolute atomic E-state index is 0.00864. The number of carbonyl (C=O) groups excluding carboxylic acids is 4. The molecule has 0 radical (unpaired) electrons. The van der Waals surface area contributed by atoms with Crippen LogP contribution in [0.5, 0.6) is 0 Å². The van der Waals surface area contributed by atoms with Gasteiger partial charge < -0.3 is 25.8 Å². The maximum atomic E-state index is 13.2. The zero-order valence-corrected chi connectivity index (χ0v) is 23.2. The Morgan fingerprint density at radius 3 is 2.68 bits per heavy atom. The normalized spacial score (nSPS) is 21.2. The van der Waals surface area contributed by atoms with Gasteiger partial charge in [-0.15, -0.1) is 11.3 Å². The number of carbonyl (C=O) groups is 4. The van der Waals surface area contributed by atoms with Crippen molar-refractivity contribution in [1.29, 1.82) is 0 Å². The van der Waals surface area contributed by atoms with Crippen LogP contribution in [-0.4, -0.2) is 83.7 Å². The monoisotopic (exact) mass is 561 g/mol. The molecule has 1 fully saturated rings. The average Bonchev–Trinajstić information content (AvgIpc) is 3.32. The highest BCUT2D eigenvalue weighted by atomic mass is 35.5. The molecule has 3 heterocycles. The van der Waals surface area contributed by atoms with Gasteiger partial charge in [-0.25, -0.2) is 9.97 Å². The maximum Gasteiger partial charge on any atom is 0.314 e. The summed E-state index contributed by atoms with van der Waals surface area (Å²) in [7, 11) is 5.47. The molecule has 0 aromatic carbocycles. The Labute approximate surface area is 230 Å². The van der Waals surface area contributed by atoms with E-state index in [9.17, 15) is 19.2 Å². The Kier molecular flexibility index (Phi) is 8.95. The fourth-order valence-corrected chi connectivity index (χ4v) is 6.02. The number of hydrogen-bond donors (Lipinski definition) is 3. The summed E-state index contributed by atoms with van der Waals surface area (Å²) in [6.07, 6.45) is 3.85. The predicted octanol–water partition coefficient (Wildman–Crippen LogP) is 1.54. The lowest BCUT2D eigenvalue weighted by Gasteiger charge is -2.36. The van der Waals surface area contributed by atoms with E-state index >= 15 is 0 Å². The Bertz CT molecular complexity index is 1200. The number of likely N-dealkylation sites (N-methyl/N-ethyl adjacent to an activating group) is 1. The van der Waals surface area contributed by atoms with Gasteiger partial charge in [0.15, 0.2) is 5.01 Å². The van der Waals surface area contributed by atoms with Crippen LogP contribution in [0.1, 0.15) is 39.6 Å². The molecule has 3 atom stereocenters. The number of nitrogens with zero attached hydrogens (tertiary/aromatic N) is 4. The van der Waals surface area contributed by atoms with Crippen LogP contribution in [0.3, 0.4) is 0 Å². The van der Waals surface area contributed by atoms with Crippen LogP contribution in [0.25, 0.3) is 0 Å². The second-order valence-corrected chi connectivity index (χ2v) is 11.5. The molecule has 13 heteroatoms. The standard InChI is InChI=1S/C25H32ClN7O4S/c1-32(2)25(37)14-4-5-15(11-28-21(34)22(35)31-20-7-6-16(26)12-27-20)18(10-14)29-23(36)24-30-17-8-9-33(3)13-19(17)38-24/h6-7,12,14-15,18H,4-5,8-11,13H2,1-3H3,(H,28,34)(H,29,36)(H,27,31,35)/t14-,15+,18+/m0/s1. The molecule has 4 amide bonds. The summed E-state index contributed by atoms with van der Waals surface area (Å²) in [6.45, 7) is 1.84. The molecule has 0 bridgehead atoms. The van der Waals surface area contributed by atoms with Crippen LogP contribution in [-0.2, 0) is 27.3 Å². The van der Waals surface area contributed by atoms with Crippen LogP contribution in [0.4, 0.5) is 5.82 Å². The van der Waals surface area contributed by atoms with Gasteiger partial charge in [-0.05, 0) is 44.4 Å². The van der Waals surface area contributed by atoms with Crippen molar-refractivity contribution in [2.24, 2.45) is 11.8 Å². The van der Waals surface area contributed by atoms with Gasteiger partial charge in [-0.1, -0.05) is 11.6 Å². The number of amides is 4. The van der Waals surface area contributed by atoms with E-state index in [1.165, 1.54) is 23.6 Å². The predicted molar refractivity (Wildman–Crippen MR) is 144 cm³/mol. The number of pyridine rings is 1. The molecule has 4 rings (SSSR count). The first-order valence-corrected chi connectivity index (χ1v) is 13.7. The molecule has 2 aliphatic rings. The first-order chi connectivity index (χ1) is 18.1. The minimum atomic E-state index is -0.852. The van der Waals surface area contributed by atoms with Crippen molar-refractivity contribution in [3.8, 4) is 0 Å². The molecule has 1 aliphatic heterocycles. The van der Waals surface area contributed by atoms with E-state index in [0.29, 0.717) is 29.3 Å². The first-order valence-electron chi connectivity index (χ1n) is 12.5.